The first-order valence-corrected chi connectivity index (χ1v) is 9.07. The Kier molecular flexibility index (Phi) is 4.48. The van der Waals surface area contributed by atoms with Crippen molar-refractivity contribution in [2.75, 3.05) is 27.3 Å². The van der Waals surface area contributed by atoms with Crippen LogP contribution in [0.3, 0.4) is 0 Å². The van der Waals surface area contributed by atoms with Crippen LogP contribution in [0.2, 0.25) is 0 Å². The van der Waals surface area contributed by atoms with E-state index in [0.29, 0.717) is 12.0 Å². The van der Waals surface area contributed by atoms with E-state index in [0.717, 1.165) is 35.7 Å². The number of benzene rings is 1. The Morgan fingerprint density at radius 3 is 2.88 bits per heavy atom. The molecule has 2 bridgehead atoms. The molecule has 25 heavy (non-hydrogen) atoms. The van der Waals surface area contributed by atoms with Gasteiger partial charge in [0.25, 0.3) is 0 Å². The standard InChI is InChI=1S/C21H26N2O2/c1-4-14-13-23-10-8-15(14)11-20(23)21(25-3)17-7-9-22-19-6-5-16(24-2)12-18(17)19/h4-7,9,12,14-15,20-21H,1,8,10-11,13H2,2-3H3/t14?,15?,20-,21+/m0/s1. The summed E-state index contributed by atoms with van der Waals surface area (Å²) < 4.78 is 11.5. The highest BCUT2D eigenvalue weighted by Gasteiger charge is 2.42. The number of methoxy groups -OCH3 is 2. The Bertz CT molecular complexity index is 776. The first-order chi connectivity index (χ1) is 12.2. The molecule has 0 radical (unpaired) electrons. The fourth-order valence-corrected chi connectivity index (χ4v) is 4.71. The molecule has 0 spiro atoms. The van der Waals surface area contributed by atoms with Crippen LogP contribution in [0.25, 0.3) is 10.9 Å². The molecule has 5 atom stereocenters. The van der Waals surface area contributed by atoms with E-state index >= 15 is 0 Å². The zero-order valence-electron chi connectivity index (χ0n) is 15.0. The molecule has 4 nitrogen and oxygen atoms in total. The van der Waals surface area contributed by atoms with Gasteiger partial charge in [-0.1, -0.05) is 6.08 Å². The number of rotatable bonds is 5. The molecular weight excluding hydrogens is 312 g/mol. The summed E-state index contributed by atoms with van der Waals surface area (Å²) in [6.07, 6.45) is 6.52. The molecule has 1 aromatic heterocycles. The molecule has 2 aromatic rings. The van der Waals surface area contributed by atoms with Crippen LogP contribution >= 0.6 is 0 Å². The van der Waals surface area contributed by atoms with Gasteiger partial charge in [0, 0.05) is 31.3 Å². The molecular formula is C21H26N2O2. The number of nitrogens with zero attached hydrogens (tertiary/aromatic N) is 2. The number of fused-ring (bicyclic) bond motifs is 4. The average Bonchev–Trinajstić information content (AvgIpc) is 2.68. The lowest BCUT2D eigenvalue weighted by molar-refractivity contribution is -0.0601. The predicted molar refractivity (Wildman–Crippen MR) is 99.8 cm³/mol. The smallest absolute Gasteiger partial charge is 0.119 e. The molecule has 3 unspecified atom stereocenters. The van der Waals surface area contributed by atoms with Gasteiger partial charge in [0.1, 0.15) is 5.75 Å². The number of piperidine rings is 3. The normalized spacial score (nSPS) is 29.5. The SMILES string of the molecule is C=CC1CN2CCC1C[C@H]2[C@H](OC)c1ccnc2ccc(OC)cc12. The molecule has 3 aliphatic rings. The zero-order chi connectivity index (χ0) is 17.4. The number of hydrogen-bond acceptors (Lipinski definition) is 4. The number of pyridine rings is 1. The Morgan fingerprint density at radius 2 is 2.20 bits per heavy atom. The average molecular weight is 338 g/mol. The van der Waals surface area contributed by atoms with Crippen molar-refractivity contribution in [3.8, 4) is 5.75 Å². The number of hydrogen-bond donors (Lipinski definition) is 0. The van der Waals surface area contributed by atoms with E-state index in [-0.39, 0.29) is 6.10 Å². The molecule has 0 saturated carbocycles. The van der Waals surface area contributed by atoms with Gasteiger partial charge in [-0.3, -0.25) is 9.88 Å². The third-order valence-electron chi connectivity index (χ3n) is 6.05. The van der Waals surface area contributed by atoms with E-state index in [9.17, 15) is 0 Å². The fraction of sp³-hybridized carbons (Fsp3) is 0.476. The van der Waals surface area contributed by atoms with Crippen LogP contribution in [-0.4, -0.2) is 43.2 Å². The molecule has 5 rings (SSSR count). The first kappa shape index (κ1) is 16.6. The van der Waals surface area contributed by atoms with Crippen molar-refractivity contribution >= 4 is 10.9 Å². The highest BCUT2D eigenvalue weighted by molar-refractivity contribution is 5.84. The minimum Gasteiger partial charge on any atom is -0.497 e. The highest BCUT2D eigenvalue weighted by atomic mass is 16.5. The predicted octanol–water partition coefficient (Wildman–Crippen LogP) is 3.83. The van der Waals surface area contributed by atoms with Crippen LogP contribution in [-0.2, 0) is 4.74 Å². The molecule has 3 saturated heterocycles. The summed E-state index contributed by atoms with van der Waals surface area (Å²) in [6.45, 7) is 6.29. The van der Waals surface area contributed by atoms with Gasteiger partial charge in [0.05, 0.1) is 18.7 Å². The van der Waals surface area contributed by atoms with Crippen molar-refractivity contribution in [2.45, 2.75) is 25.0 Å². The van der Waals surface area contributed by atoms with E-state index in [1.54, 1.807) is 7.11 Å². The summed E-state index contributed by atoms with van der Waals surface area (Å²) in [7, 11) is 3.53. The summed E-state index contributed by atoms with van der Waals surface area (Å²) in [5, 5.41) is 1.12. The van der Waals surface area contributed by atoms with E-state index in [1.165, 1.54) is 18.4 Å². The maximum atomic E-state index is 6.04. The van der Waals surface area contributed by atoms with Gasteiger partial charge < -0.3 is 9.47 Å². The third-order valence-corrected chi connectivity index (χ3v) is 6.05. The van der Waals surface area contributed by atoms with E-state index < -0.39 is 0 Å². The van der Waals surface area contributed by atoms with E-state index in [4.69, 9.17) is 9.47 Å². The summed E-state index contributed by atoms with van der Waals surface area (Å²) in [6, 6.07) is 8.57. The van der Waals surface area contributed by atoms with Gasteiger partial charge in [-0.05, 0) is 61.1 Å². The van der Waals surface area contributed by atoms with Gasteiger partial charge in [0.15, 0.2) is 0 Å². The molecule has 4 heteroatoms. The largest absolute Gasteiger partial charge is 0.497 e. The third kappa shape index (κ3) is 2.83. The second kappa shape index (κ2) is 6.77. The highest BCUT2D eigenvalue weighted by Crippen LogP contribution is 2.43. The number of ether oxygens (including phenoxy) is 2. The summed E-state index contributed by atoms with van der Waals surface area (Å²) in [5.41, 5.74) is 2.19. The number of aromatic nitrogens is 1. The van der Waals surface area contributed by atoms with Crippen LogP contribution < -0.4 is 4.74 Å². The lowest BCUT2D eigenvalue weighted by Crippen LogP contribution is -2.55. The molecule has 3 fully saturated rings. The van der Waals surface area contributed by atoms with Crippen molar-refractivity contribution in [3.63, 3.8) is 0 Å². The molecule has 3 aliphatic heterocycles. The van der Waals surface area contributed by atoms with Gasteiger partial charge in [-0.15, -0.1) is 6.58 Å². The maximum absolute atomic E-state index is 6.04. The second-order valence-electron chi connectivity index (χ2n) is 7.19. The van der Waals surface area contributed by atoms with Crippen LogP contribution in [0.4, 0.5) is 0 Å². The molecule has 0 N–H and O–H groups in total. The Morgan fingerprint density at radius 1 is 1.32 bits per heavy atom. The quantitative estimate of drug-likeness (QED) is 0.776. The van der Waals surface area contributed by atoms with Crippen LogP contribution in [0, 0.1) is 11.8 Å². The molecule has 132 valence electrons. The van der Waals surface area contributed by atoms with Gasteiger partial charge >= 0.3 is 0 Å². The van der Waals surface area contributed by atoms with Crippen LogP contribution in [0.5, 0.6) is 5.75 Å². The van der Waals surface area contributed by atoms with Crippen molar-refractivity contribution in [2.24, 2.45) is 11.8 Å². The minimum atomic E-state index is 0.0474. The summed E-state index contributed by atoms with van der Waals surface area (Å²) in [5.74, 6) is 2.21. The van der Waals surface area contributed by atoms with Crippen molar-refractivity contribution in [3.05, 3.63) is 48.7 Å². The molecule has 4 heterocycles. The van der Waals surface area contributed by atoms with Crippen molar-refractivity contribution < 1.29 is 9.47 Å². The topological polar surface area (TPSA) is 34.6 Å². The Balaban J connectivity index is 1.72. The minimum absolute atomic E-state index is 0.0474. The van der Waals surface area contributed by atoms with Crippen molar-refractivity contribution in [1.82, 2.24) is 9.88 Å². The van der Waals surface area contributed by atoms with Crippen molar-refractivity contribution in [1.29, 1.82) is 0 Å². The summed E-state index contributed by atoms with van der Waals surface area (Å²) in [4.78, 5) is 7.10. The zero-order valence-corrected chi connectivity index (χ0v) is 15.0. The van der Waals surface area contributed by atoms with Gasteiger partial charge in [-0.2, -0.15) is 0 Å². The lowest BCUT2D eigenvalue weighted by atomic mass is 9.73. The van der Waals surface area contributed by atoms with E-state index in [1.807, 2.05) is 25.4 Å². The van der Waals surface area contributed by atoms with E-state index in [2.05, 4.69) is 34.7 Å². The Labute approximate surface area is 149 Å². The van der Waals surface area contributed by atoms with Crippen LogP contribution in [0.15, 0.2) is 43.1 Å². The molecule has 1 aromatic carbocycles. The molecule has 0 aliphatic carbocycles. The molecule has 0 amide bonds. The monoisotopic (exact) mass is 338 g/mol. The first-order valence-electron chi connectivity index (χ1n) is 9.07. The van der Waals surface area contributed by atoms with Gasteiger partial charge in [-0.25, -0.2) is 0 Å². The fourth-order valence-electron chi connectivity index (χ4n) is 4.71. The van der Waals surface area contributed by atoms with Crippen LogP contribution in [0.1, 0.15) is 24.5 Å². The lowest BCUT2D eigenvalue weighted by Gasteiger charge is -2.51. The Hall–Kier alpha value is -1.91. The second-order valence-corrected chi connectivity index (χ2v) is 7.19. The van der Waals surface area contributed by atoms with Gasteiger partial charge in [0.2, 0.25) is 0 Å². The summed E-state index contributed by atoms with van der Waals surface area (Å²) >= 11 is 0. The maximum Gasteiger partial charge on any atom is 0.119 e.